The molecular formula is C40H50N2O9S. The fourth-order valence-electron chi connectivity index (χ4n) is 5.80. The molecule has 0 aliphatic carbocycles. The number of methoxy groups -OCH3 is 1. The number of aliphatic hydroxyl groups is 1. The van der Waals surface area contributed by atoms with Crippen molar-refractivity contribution in [3.05, 3.63) is 76.9 Å². The fraction of sp³-hybridized carbons (Fsp3) is 0.450. The summed E-state index contributed by atoms with van der Waals surface area (Å²) in [4.78, 5) is 39.2. The van der Waals surface area contributed by atoms with Crippen molar-refractivity contribution >= 4 is 40.9 Å². The maximum atomic E-state index is 13.7. The first kappa shape index (κ1) is 37.2. The molecular weight excluding hydrogens is 685 g/mol. The molecule has 1 unspecified atom stereocenters. The lowest BCUT2D eigenvalue weighted by molar-refractivity contribution is -0.143. The number of carbonyl (C=O) groups is 3. The molecule has 0 saturated carbocycles. The van der Waals surface area contributed by atoms with Gasteiger partial charge in [-0.15, -0.1) is 0 Å². The van der Waals surface area contributed by atoms with Gasteiger partial charge in [-0.1, -0.05) is 19.9 Å². The van der Waals surface area contributed by atoms with E-state index in [2.05, 4.69) is 15.7 Å². The van der Waals surface area contributed by atoms with Crippen LogP contribution in [0.25, 0.3) is 0 Å². The molecule has 12 heteroatoms. The van der Waals surface area contributed by atoms with E-state index in [4.69, 9.17) is 38.7 Å². The molecule has 3 N–H and O–H groups in total. The van der Waals surface area contributed by atoms with Crippen LogP contribution in [-0.4, -0.2) is 56.4 Å². The van der Waals surface area contributed by atoms with Gasteiger partial charge < -0.3 is 39.4 Å². The Morgan fingerprint density at radius 1 is 0.942 bits per heavy atom. The summed E-state index contributed by atoms with van der Waals surface area (Å²) < 4.78 is 42.0. The number of nitrogens with one attached hydrogen (secondary N) is 2. The molecule has 280 valence electrons. The minimum Gasteiger partial charge on any atom is -0.456 e. The standard InChI is InChI=1S/C39H46N2O9S.CH4/c1-37(2,3)34(44)47-25-12-15-29-31(19-25)49-32-20-26(48-35(45)38(4,5)6)13-16-30(32)39(29)28-14-11-24(18-27(28)33(43)50-39)41-36(51)40-17-9-8-10-23(21-42)22-46-7;/h11-16,18-20,23,42H,8-10,17,21-22H2,1-7H3,(H2,40,41,51);1H4/i42D;1T. The van der Waals surface area contributed by atoms with E-state index in [1.807, 2.05) is 12.1 Å². The Kier molecular flexibility index (Phi) is 11.5. The summed E-state index contributed by atoms with van der Waals surface area (Å²) in [7, 11) is 2.89. The summed E-state index contributed by atoms with van der Waals surface area (Å²) in [6.45, 7) is 12.1. The maximum absolute atomic E-state index is 13.7. The molecule has 2 aliphatic rings. The number of benzene rings is 3. The summed E-state index contributed by atoms with van der Waals surface area (Å²) in [5.41, 5.74) is -0.341. The number of rotatable bonds is 12. The molecule has 2 heterocycles. The van der Waals surface area contributed by atoms with Crippen LogP contribution >= 0.6 is 12.2 Å². The molecule has 0 fully saturated rings. The highest BCUT2D eigenvalue weighted by atomic mass is 32.1. The molecule has 0 bridgehead atoms. The van der Waals surface area contributed by atoms with Crippen molar-refractivity contribution in [2.75, 3.05) is 32.2 Å². The largest absolute Gasteiger partial charge is 0.456 e. The molecule has 1 atom stereocenters. The predicted octanol–water partition coefficient (Wildman–Crippen LogP) is 7.51. The number of thiocarbonyl (C=S) groups is 1. The maximum Gasteiger partial charge on any atom is 0.340 e. The summed E-state index contributed by atoms with van der Waals surface area (Å²) in [6, 6.07) is 15.2. The second kappa shape index (κ2) is 16.0. The molecule has 0 saturated heterocycles. The van der Waals surface area contributed by atoms with Crippen LogP contribution in [0.4, 0.5) is 5.69 Å². The van der Waals surface area contributed by atoms with E-state index in [0.717, 1.165) is 19.3 Å². The zero-order chi connectivity index (χ0) is 39.8. The van der Waals surface area contributed by atoms with E-state index in [9.17, 15) is 14.4 Å². The summed E-state index contributed by atoms with van der Waals surface area (Å²) in [5.74, 6) is -0.108. The van der Waals surface area contributed by atoms with Crippen molar-refractivity contribution in [2.24, 2.45) is 16.7 Å². The van der Waals surface area contributed by atoms with E-state index in [-0.39, 0.29) is 17.4 Å². The SMILES string of the molecule is [2H]OCC(CCCCNC(=S)Nc1ccc2c(c1)C(=O)OC21c2ccc(OC(=O)C(C)(C)C)cc2Oc2cc(OC(=O)C(C)(C)C)ccc21)COC.[3H]C. The lowest BCUT2D eigenvalue weighted by atomic mass is 9.77. The fourth-order valence-corrected chi connectivity index (χ4v) is 6.02. The number of esters is 3. The van der Waals surface area contributed by atoms with Crippen molar-refractivity contribution in [1.29, 1.82) is 1.43 Å². The van der Waals surface area contributed by atoms with Crippen LogP contribution in [0.3, 0.4) is 0 Å². The molecule has 0 radical (unpaired) electrons. The van der Waals surface area contributed by atoms with Crippen LogP contribution in [0.5, 0.6) is 23.0 Å². The Balaban J connectivity index is 0.00000319. The second-order valence-corrected chi connectivity index (χ2v) is 15.3. The topological polar surface area (TPSA) is 142 Å². The number of aliphatic hydroxyl groups excluding tert-OH is 1. The Morgan fingerprint density at radius 2 is 1.52 bits per heavy atom. The molecule has 0 amide bonds. The third-order valence-corrected chi connectivity index (χ3v) is 8.86. The first-order chi connectivity index (χ1) is 25.6. The molecule has 11 nitrogen and oxygen atoms in total. The van der Waals surface area contributed by atoms with Crippen molar-refractivity contribution in [2.45, 2.75) is 73.8 Å². The van der Waals surface area contributed by atoms with Crippen LogP contribution in [0, 0.1) is 16.7 Å². The van der Waals surface area contributed by atoms with Gasteiger partial charge in [0.25, 0.3) is 0 Å². The molecule has 3 aromatic rings. The van der Waals surface area contributed by atoms with Crippen LogP contribution < -0.4 is 24.8 Å². The van der Waals surface area contributed by atoms with Gasteiger partial charge in [-0.25, -0.2) is 4.79 Å². The smallest absolute Gasteiger partial charge is 0.340 e. The van der Waals surface area contributed by atoms with Gasteiger partial charge in [-0.3, -0.25) is 9.59 Å². The number of hydrogen-bond acceptors (Lipinski definition) is 10. The van der Waals surface area contributed by atoms with E-state index in [1.165, 1.54) is 7.40 Å². The molecule has 3 aromatic carbocycles. The highest BCUT2D eigenvalue weighted by molar-refractivity contribution is 7.80. The number of ether oxygens (including phenoxy) is 5. The molecule has 52 heavy (non-hydrogen) atoms. The molecule has 2 aliphatic heterocycles. The molecule has 0 aromatic heterocycles. The quantitative estimate of drug-likeness (QED) is 0.0733. The van der Waals surface area contributed by atoms with E-state index < -0.39 is 34.3 Å². The highest BCUT2D eigenvalue weighted by Gasteiger charge is 2.54. The zero-order valence-electron chi connectivity index (χ0n) is 33.1. The minimum absolute atomic E-state index is 0.165. The van der Waals surface area contributed by atoms with Gasteiger partial charge in [0.05, 0.1) is 23.0 Å². The van der Waals surface area contributed by atoms with Crippen LogP contribution in [0.15, 0.2) is 54.6 Å². The van der Waals surface area contributed by atoms with Gasteiger partial charge in [-0.2, -0.15) is 0 Å². The van der Waals surface area contributed by atoms with E-state index in [1.54, 1.807) is 91.1 Å². The Hall–Kier alpha value is -4.52. The first-order valence-corrected chi connectivity index (χ1v) is 17.4. The van der Waals surface area contributed by atoms with Crippen LogP contribution in [-0.2, 0) is 24.7 Å². The van der Waals surface area contributed by atoms with Crippen molar-refractivity contribution in [1.82, 2.24) is 5.32 Å². The average Bonchev–Trinajstić information content (AvgIpc) is 3.39. The van der Waals surface area contributed by atoms with Gasteiger partial charge in [-0.05, 0) is 103 Å². The van der Waals surface area contributed by atoms with Gasteiger partial charge in [0, 0.05) is 62.1 Å². The van der Waals surface area contributed by atoms with Crippen molar-refractivity contribution < 1.29 is 44.5 Å². The summed E-state index contributed by atoms with van der Waals surface area (Å²) in [5, 5.41) is 11.3. The van der Waals surface area contributed by atoms with Gasteiger partial charge >= 0.3 is 17.9 Å². The van der Waals surface area contributed by atoms with E-state index in [0.29, 0.717) is 64.3 Å². The number of anilines is 1. The Labute approximate surface area is 314 Å². The van der Waals surface area contributed by atoms with Crippen LogP contribution in [0.1, 0.15) is 96.6 Å². The average molecular weight is 738 g/mol. The Morgan fingerprint density at radius 3 is 2.06 bits per heavy atom. The third-order valence-electron chi connectivity index (χ3n) is 8.62. The monoisotopic (exact) mass is 737 g/mol. The summed E-state index contributed by atoms with van der Waals surface area (Å²) in [6.07, 6.45) is 2.63. The van der Waals surface area contributed by atoms with Crippen molar-refractivity contribution in [3.63, 3.8) is 0 Å². The minimum atomic E-state index is -1.42. The van der Waals surface area contributed by atoms with Gasteiger partial charge in [0.1, 0.15) is 23.0 Å². The molecule has 1 spiro atoms. The summed E-state index contributed by atoms with van der Waals surface area (Å²) >= 11 is 5.54. The van der Waals surface area contributed by atoms with Gasteiger partial charge in [0.15, 0.2) is 10.7 Å². The molecule has 5 rings (SSSR count). The number of fused-ring (bicyclic) bond motifs is 6. The van der Waals surface area contributed by atoms with E-state index >= 15 is 0 Å². The highest BCUT2D eigenvalue weighted by Crippen LogP contribution is 2.57. The lowest BCUT2D eigenvalue weighted by Gasteiger charge is -2.36. The zero-order valence-corrected chi connectivity index (χ0v) is 31.9. The number of hydrogen-bond donors (Lipinski definition) is 3. The lowest BCUT2D eigenvalue weighted by Crippen LogP contribution is -2.33. The van der Waals surface area contributed by atoms with Crippen molar-refractivity contribution in [3.8, 4) is 23.0 Å². The third kappa shape index (κ3) is 8.57. The normalized spacial score (nSPS) is 14.8. The number of unbranched alkanes of at least 4 members (excludes halogenated alkanes) is 1. The first-order valence-electron chi connectivity index (χ1n) is 18.4. The van der Waals surface area contributed by atoms with Crippen LogP contribution in [0.2, 0.25) is 0 Å². The van der Waals surface area contributed by atoms with Gasteiger partial charge in [0.2, 0.25) is 1.43 Å². The number of carbonyl (C=O) groups excluding carboxylic acids is 3. The second-order valence-electron chi connectivity index (χ2n) is 14.9. The Bertz CT molecular complexity index is 1770. The predicted molar refractivity (Wildman–Crippen MR) is 202 cm³/mol.